The van der Waals surface area contributed by atoms with Gasteiger partial charge in [-0.15, -0.1) is 0 Å². The first-order valence-electron chi connectivity index (χ1n) is 7.67. The number of anilines is 1. The molecule has 2 N–H and O–H groups in total. The van der Waals surface area contributed by atoms with Gasteiger partial charge in [-0.25, -0.2) is 4.79 Å². The van der Waals surface area contributed by atoms with Gasteiger partial charge in [-0.1, -0.05) is 19.1 Å². The van der Waals surface area contributed by atoms with Crippen molar-refractivity contribution in [2.75, 3.05) is 32.1 Å². The molecule has 1 aromatic rings. The van der Waals surface area contributed by atoms with E-state index in [2.05, 4.69) is 17.6 Å². The minimum absolute atomic E-state index is 0.0477. The molecule has 0 bridgehead atoms. The van der Waals surface area contributed by atoms with E-state index < -0.39 is 0 Å². The van der Waals surface area contributed by atoms with Crippen LogP contribution in [0.25, 0.3) is 0 Å². The van der Waals surface area contributed by atoms with E-state index in [1.165, 1.54) is 0 Å². The van der Waals surface area contributed by atoms with Crippen LogP contribution < -0.4 is 15.4 Å². The molecule has 2 amide bonds. The summed E-state index contributed by atoms with van der Waals surface area (Å²) in [5.41, 5.74) is 0.719. The number of hydrogen-bond acceptors (Lipinski definition) is 3. The summed E-state index contributed by atoms with van der Waals surface area (Å²) in [6, 6.07) is 7.97. The Morgan fingerprint density at radius 3 is 2.71 bits per heavy atom. The smallest absolute Gasteiger partial charge is 0.321 e. The average molecular weight is 291 g/mol. The van der Waals surface area contributed by atoms with Gasteiger partial charge in [0.2, 0.25) is 0 Å². The second kappa shape index (κ2) is 7.88. The molecule has 1 aromatic carbocycles. The maximum absolute atomic E-state index is 12.3. The molecule has 0 aromatic heterocycles. The summed E-state index contributed by atoms with van der Waals surface area (Å²) >= 11 is 0. The van der Waals surface area contributed by atoms with Crippen molar-refractivity contribution in [2.45, 2.75) is 32.2 Å². The lowest BCUT2D eigenvalue weighted by atomic mass is 10.1. The minimum atomic E-state index is -0.0477. The summed E-state index contributed by atoms with van der Waals surface area (Å²) in [6.07, 6.45) is 3.17. The molecule has 0 aliphatic carbocycles. The van der Waals surface area contributed by atoms with Crippen molar-refractivity contribution >= 4 is 11.7 Å². The van der Waals surface area contributed by atoms with Gasteiger partial charge in [0.15, 0.2) is 0 Å². The second-order valence-electron chi connectivity index (χ2n) is 5.35. The van der Waals surface area contributed by atoms with E-state index in [9.17, 15) is 4.79 Å². The van der Waals surface area contributed by atoms with Gasteiger partial charge in [-0.3, -0.25) is 0 Å². The van der Waals surface area contributed by atoms with Gasteiger partial charge in [0.05, 0.1) is 12.8 Å². The van der Waals surface area contributed by atoms with Gasteiger partial charge < -0.3 is 20.3 Å². The lowest BCUT2D eigenvalue weighted by Gasteiger charge is -2.32. The first kappa shape index (κ1) is 15.6. The molecule has 0 saturated carbocycles. The van der Waals surface area contributed by atoms with Crippen LogP contribution in [0.2, 0.25) is 0 Å². The highest BCUT2D eigenvalue weighted by molar-refractivity contribution is 5.91. The number of hydrogen-bond donors (Lipinski definition) is 2. The highest BCUT2D eigenvalue weighted by Crippen LogP contribution is 2.23. The van der Waals surface area contributed by atoms with Crippen molar-refractivity contribution < 1.29 is 9.53 Å². The van der Waals surface area contributed by atoms with Crippen molar-refractivity contribution in [1.82, 2.24) is 10.2 Å². The predicted molar refractivity (Wildman–Crippen MR) is 84.9 cm³/mol. The maximum Gasteiger partial charge on any atom is 0.321 e. The third-order valence-corrected chi connectivity index (χ3v) is 3.81. The van der Waals surface area contributed by atoms with Crippen LogP contribution in [0.1, 0.15) is 26.2 Å². The summed E-state index contributed by atoms with van der Waals surface area (Å²) < 4.78 is 5.25. The number of amides is 2. The Hall–Kier alpha value is -1.75. The number of methoxy groups -OCH3 is 1. The Balaban J connectivity index is 1.85. The fraction of sp³-hybridized carbons (Fsp3) is 0.562. The molecule has 2 rings (SSSR count). The standard InChI is InChI=1S/C16H25N3O2/c1-3-10-17-13-8-11-19(12-9-13)16(20)18-14-6-4-5-7-15(14)21-2/h4-7,13,17H,3,8-12H2,1-2H3,(H,18,20). The number of piperidine rings is 1. The molecule has 1 fully saturated rings. The maximum atomic E-state index is 12.3. The number of likely N-dealkylation sites (tertiary alicyclic amines) is 1. The summed E-state index contributed by atoms with van der Waals surface area (Å²) in [4.78, 5) is 14.2. The molecule has 1 aliphatic heterocycles. The summed E-state index contributed by atoms with van der Waals surface area (Å²) in [6.45, 7) is 4.81. The fourth-order valence-corrected chi connectivity index (χ4v) is 2.58. The molecule has 0 atom stereocenters. The average Bonchev–Trinajstić information content (AvgIpc) is 2.54. The molecule has 21 heavy (non-hydrogen) atoms. The van der Waals surface area contributed by atoms with E-state index in [1.54, 1.807) is 7.11 Å². The van der Waals surface area contributed by atoms with E-state index >= 15 is 0 Å². The Bertz CT molecular complexity index is 457. The first-order chi connectivity index (χ1) is 10.2. The van der Waals surface area contributed by atoms with Crippen LogP contribution in [0.5, 0.6) is 5.75 Å². The van der Waals surface area contributed by atoms with Crippen LogP contribution in [0, 0.1) is 0 Å². The van der Waals surface area contributed by atoms with E-state index in [-0.39, 0.29) is 6.03 Å². The predicted octanol–water partition coefficient (Wildman–Crippen LogP) is 2.69. The molecule has 1 aliphatic rings. The molecular weight excluding hydrogens is 266 g/mol. The van der Waals surface area contributed by atoms with E-state index in [1.807, 2.05) is 29.2 Å². The van der Waals surface area contributed by atoms with Crippen LogP contribution in [0.15, 0.2) is 24.3 Å². The third kappa shape index (κ3) is 4.36. The highest BCUT2D eigenvalue weighted by Gasteiger charge is 2.22. The topological polar surface area (TPSA) is 53.6 Å². The van der Waals surface area contributed by atoms with Gasteiger partial charge in [-0.2, -0.15) is 0 Å². The molecule has 0 radical (unpaired) electrons. The minimum Gasteiger partial charge on any atom is -0.495 e. The molecule has 0 unspecified atom stereocenters. The van der Waals surface area contributed by atoms with Crippen molar-refractivity contribution in [3.05, 3.63) is 24.3 Å². The van der Waals surface area contributed by atoms with Gasteiger partial charge in [-0.05, 0) is 37.9 Å². The molecule has 1 heterocycles. The number of nitrogens with one attached hydrogen (secondary N) is 2. The molecule has 5 nitrogen and oxygen atoms in total. The van der Waals surface area contributed by atoms with Crippen LogP contribution >= 0.6 is 0 Å². The quantitative estimate of drug-likeness (QED) is 0.877. The normalized spacial score (nSPS) is 15.8. The zero-order valence-corrected chi connectivity index (χ0v) is 12.9. The Labute approximate surface area is 126 Å². The Morgan fingerprint density at radius 1 is 1.33 bits per heavy atom. The van der Waals surface area contributed by atoms with Crippen molar-refractivity contribution in [2.24, 2.45) is 0 Å². The number of rotatable bonds is 5. The zero-order valence-electron chi connectivity index (χ0n) is 12.9. The van der Waals surface area contributed by atoms with Crippen LogP contribution in [0.3, 0.4) is 0 Å². The number of carbonyl (C=O) groups is 1. The summed E-state index contributed by atoms with van der Waals surface area (Å²) in [5.74, 6) is 0.686. The van der Waals surface area contributed by atoms with E-state index in [4.69, 9.17) is 4.74 Å². The number of para-hydroxylation sites is 2. The zero-order chi connectivity index (χ0) is 15.1. The fourth-order valence-electron chi connectivity index (χ4n) is 2.58. The van der Waals surface area contributed by atoms with Crippen molar-refractivity contribution in [3.63, 3.8) is 0 Å². The lowest BCUT2D eigenvalue weighted by molar-refractivity contribution is 0.189. The highest BCUT2D eigenvalue weighted by atomic mass is 16.5. The number of benzene rings is 1. The summed E-state index contributed by atoms with van der Waals surface area (Å²) in [5, 5.41) is 6.45. The molecule has 1 saturated heterocycles. The summed E-state index contributed by atoms with van der Waals surface area (Å²) in [7, 11) is 1.61. The first-order valence-corrected chi connectivity index (χ1v) is 7.67. The van der Waals surface area contributed by atoms with Crippen LogP contribution in [0.4, 0.5) is 10.5 Å². The number of ether oxygens (including phenoxy) is 1. The lowest BCUT2D eigenvalue weighted by Crippen LogP contribution is -2.46. The Kier molecular flexibility index (Phi) is 5.87. The number of carbonyl (C=O) groups excluding carboxylic acids is 1. The molecule has 116 valence electrons. The monoisotopic (exact) mass is 291 g/mol. The molecular formula is C16H25N3O2. The Morgan fingerprint density at radius 2 is 2.05 bits per heavy atom. The van der Waals surface area contributed by atoms with Gasteiger partial charge in [0, 0.05) is 19.1 Å². The van der Waals surface area contributed by atoms with E-state index in [0.717, 1.165) is 44.6 Å². The van der Waals surface area contributed by atoms with Crippen molar-refractivity contribution in [1.29, 1.82) is 0 Å². The van der Waals surface area contributed by atoms with Gasteiger partial charge in [0.25, 0.3) is 0 Å². The van der Waals surface area contributed by atoms with Gasteiger partial charge in [0.1, 0.15) is 5.75 Å². The van der Waals surface area contributed by atoms with E-state index in [0.29, 0.717) is 11.8 Å². The van der Waals surface area contributed by atoms with Gasteiger partial charge >= 0.3 is 6.03 Å². The number of nitrogens with zero attached hydrogens (tertiary/aromatic N) is 1. The third-order valence-electron chi connectivity index (χ3n) is 3.81. The SMILES string of the molecule is CCCNC1CCN(C(=O)Nc2ccccc2OC)CC1. The molecule has 0 spiro atoms. The molecule has 5 heteroatoms. The number of urea groups is 1. The van der Waals surface area contributed by atoms with Crippen LogP contribution in [-0.4, -0.2) is 43.7 Å². The largest absolute Gasteiger partial charge is 0.495 e. The van der Waals surface area contributed by atoms with Crippen molar-refractivity contribution in [3.8, 4) is 5.75 Å². The van der Waals surface area contributed by atoms with Crippen LogP contribution in [-0.2, 0) is 0 Å². The second-order valence-corrected chi connectivity index (χ2v) is 5.35.